The molecule has 3 rings (SSSR count). The van der Waals surface area contributed by atoms with E-state index in [1.807, 2.05) is 30.0 Å². The molecule has 2 fully saturated rings. The molecule has 2 heterocycles. The summed E-state index contributed by atoms with van der Waals surface area (Å²) in [7, 11) is 2.16. The number of amides is 2. The molecule has 0 aliphatic carbocycles. The second kappa shape index (κ2) is 6.71. The van der Waals surface area contributed by atoms with Crippen LogP contribution in [0.2, 0.25) is 0 Å². The van der Waals surface area contributed by atoms with E-state index in [0.717, 1.165) is 25.1 Å². The van der Waals surface area contributed by atoms with Gasteiger partial charge in [-0.2, -0.15) is 0 Å². The number of hydrogen-bond acceptors (Lipinski definition) is 3. The minimum Gasteiger partial charge on any atom is -0.343 e. The molecule has 2 saturated heterocycles. The van der Waals surface area contributed by atoms with Crippen molar-refractivity contribution in [3.05, 3.63) is 35.4 Å². The molecule has 0 saturated carbocycles. The molecule has 1 aromatic carbocycles. The Kier molecular flexibility index (Phi) is 4.66. The summed E-state index contributed by atoms with van der Waals surface area (Å²) in [5.74, 6) is -0.155. The van der Waals surface area contributed by atoms with Crippen molar-refractivity contribution in [3.8, 4) is 0 Å². The molecule has 0 radical (unpaired) electrons. The van der Waals surface area contributed by atoms with E-state index < -0.39 is 0 Å². The fraction of sp³-hybridized carbons (Fsp3) is 0.556. The average Bonchev–Trinajstić information content (AvgIpc) is 2.78. The topological polar surface area (TPSA) is 52.7 Å². The zero-order chi connectivity index (χ0) is 16.4. The predicted molar refractivity (Wildman–Crippen MR) is 89.3 cm³/mol. The summed E-state index contributed by atoms with van der Waals surface area (Å²) in [6.07, 6.45) is 3.44. The van der Waals surface area contributed by atoms with Crippen LogP contribution >= 0.6 is 0 Å². The average molecular weight is 315 g/mol. The monoisotopic (exact) mass is 315 g/mol. The Bertz CT molecular complexity index is 602. The standard InChI is InChI=1S/C18H25N3O2/c1-13-5-3-4-6-16(13)18(23)19-11-17(22)21-10-9-14-7-8-15(12-21)20(14)2/h3-6,14-15H,7-12H2,1-2H3,(H,19,23). The van der Waals surface area contributed by atoms with Crippen molar-refractivity contribution in [1.29, 1.82) is 0 Å². The van der Waals surface area contributed by atoms with Crippen molar-refractivity contribution in [1.82, 2.24) is 15.1 Å². The van der Waals surface area contributed by atoms with Gasteiger partial charge in [0.2, 0.25) is 5.91 Å². The van der Waals surface area contributed by atoms with Gasteiger partial charge in [-0.05, 0) is 44.9 Å². The first-order valence-electron chi connectivity index (χ1n) is 8.40. The first kappa shape index (κ1) is 16.0. The Morgan fingerprint density at radius 1 is 1.17 bits per heavy atom. The van der Waals surface area contributed by atoms with E-state index in [1.54, 1.807) is 6.07 Å². The van der Waals surface area contributed by atoms with Gasteiger partial charge in [-0.3, -0.25) is 14.5 Å². The molecular weight excluding hydrogens is 290 g/mol. The minimum absolute atomic E-state index is 0.0212. The smallest absolute Gasteiger partial charge is 0.251 e. The number of likely N-dealkylation sites (N-methyl/N-ethyl adjacent to an activating group) is 1. The van der Waals surface area contributed by atoms with Crippen LogP contribution in [0.4, 0.5) is 0 Å². The minimum atomic E-state index is -0.176. The predicted octanol–water partition coefficient (Wildman–Crippen LogP) is 1.42. The van der Waals surface area contributed by atoms with Gasteiger partial charge in [0.1, 0.15) is 0 Å². The summed E-state index contributed by atoms with van der Waals surface area (Å²) in [6.45, 7) is 3.56. The van der Waals surface area contributed by atoms with Gasteiger partial charge in [-0.1, -0.05) is 18.2 Å². The summed E-state index contributed by atoms with van der Waals surface area (Å²) in [6, 6.07) is 8.51. The molecule has 2 aliphatic rings. The molecule has 23 heavy (non-hydrogen) atoms. The SMILES string of the molecule is Cc1ccccc1C(=O)NCC(=O)N1CCC2CCC(C1)N2C. The van der Waals surface area contributed by atoms with Crippen molar-refractivity contribution >= 4 is 11.8 Å². The molecule has 2 aliphatic heterocycles. The molecule has 5 nitrogen and oxygen atoms in total. The maximum absolute atomic E-state index is 12.4. The van der Waals surface area contributed by atoms with Crippen LogP contribution in [0.3, 0.4) is 0 Å². The lowest BCUT2D eigenvalue weighted by Gasteiger charge is -2.26. The number of fused-ring (bicyclic) bond motifs is 2. The number of likely N-dealkylation sites (tertiary alicyclic amines) is 1. The highest BCUT2D eigenvalue weighted by Gasteiger charge is 2.35. The first-order valence-corrected chi connectivity index (χ1v) is 8.40. The molecule has 1 aromatic rings. The zero-order valence-corrected chi connectivity index (χ0v) is 13.9. The number of benzene rings is 1. The first-order chi connectivity index (χ1) is 11.1. The molecule has 0 aromatic heterocycles. The Balaban J connectivity index is 1.55. The van der Waals surface area contributed by atoms with Crippen molar-refractivity contribution < 1.29 is 9.59 Å². The summed E-state index contributed by atoms with van der Waals surface area (Å²) < 4.78 is 0. The molecule has 2 amide bonds. The molecule has 2 atom stereocenters. The van der Waals surface area contributed by atoms with Crippen LogP contribution in [-0.2, 0) is 4.79 Å². The van der Waals surface area contributed by atoms with E-state index in [2.05, 4.69) is 17.3 Å². The Morgan fingerprint density at radius 3 is 2.70 bits per heavy atom. The van der Waals surface area contributed by atoms with E-state index in [4.69, 9.17) is 0 Å². The highest BCUT2D eigenvalue weighted by atomic mass is 16.2. The maximum atomic E-state index is 12.4. The van der Waals surface area contributed by atoms with Crippen LogP contribution in [0.1, 0.15) is 35.2 Å². The van der Waals surface area contributed by atoms with Gasteiger partial charge in [-0.15, -0.1) is 0 Å². The summed E-state index contributed by atoms with van der Waals surface area (Å²) >= 11 is 0. The summed E-state index contributed by atoms with van der Waals surface area (Å²) in [5.41, 5.74) is 1.56. The van der Waals surface area contributed by atoms with Crippen LogP contribution in [0.25, 0.3) is 0 Å². The molecule has 1 N–H and O–H groups in total. The molecule has 2 unspecified atom stereocenters. The second-order valence-electron chi connectivity index (χ2n) is 6.68. The normalized spacial score (nSPS) is 24.3. The van der Waals surface area contributed by atoms with Gasteiger partial charge >= 0.3 is 0 Å². The van der Waals surface area contributed by atoms with Crippen molar-refractivity contribution in [3.63, 3.8) is 0 Å². The fourth-order valence-electron chi connectivity index (χ4n) is 3.73. The largest absolute Gasteiger partial charge is 0.343 e. The zero-order valence-electron chi connectivity index (χ0n) is 13.9. The molecule has 124 valence electrons. The number of aryl methyl sites for hydroxylation is 1. The highest BCUT2D eigenvalue weighted by Crippen LogP contribution is 2.28. The molecule has 0 spiro atoms. The van der Waals surface area contributed by atoms with E-state index >= 15 is 0 Å². The van der Waals surface area contributed by atoms with E-state index in [0.29, 0.717) is 17.6 Å². The van der Waals surface area contributed by atoms with Gasteiger partial charge in [0.25, 0.3) is 5.91 Å². The van der Waals surface area contributed by atoms with Crippen molar-refractivity contribution in [2.24, 2.45) is 0 Å². The van der Waals surface area contributed by atoms with Gasteiger partial charge in [-0.25, -0.2) is 0 Å². The van der Waals surface area contributed by atoms with Crippen molar-refractivity contribution in [2.75, 3.05) is 26.7 Å². The lowest BCUT2D eigenvalue weighted by atomic mass is 10.1. The van der Waals surface area contributed by atoms with E-state index in [9.17, 15) is 9.59 Å². The van der Waals surface area contributed by atoms with Crippen LogP contribution < -0.4 is 5.32 Å². The van der Waals surface area contributed by atoms with E-state index in [-0.39, 0.29) is 18.4 Å². The number of nitrogens with one attached hydrogen (secondary N) is 1. The highest BCUT2D eigenvalue weighted by molar-refractivity contribution is 5.97. The fourth-order valence-corrected chi connectivity index (χ4v) is 3.73. The summed E-state index contributed by atoms with van der Waals surface area (Å²) in [4.78, 5) is 29.0. The number of carbonyl (C=O) groups excluding carboxylic acids is 2. The van der Waals surface area contributed by atoms with Crippen LogP contribution in [-0.4, -0.2) is 60.4 Å². The van der Waals surface area contributed by atoms with Crippen LogP contribution in [0.15, 0.2) is 24.3 Å². The summed E-state index contributed by atoms with van der Waals surface area (Å²) in [5, 5.41) is 2.77. The lowest BCUT2D eigenvalue weighted by Crippen LogP contribution is -2.44. The lowest BCUT2D eigenvalue weighted by molar-refractivity contribution is -0.130. The Hall–Kier alpha value is -1.88. The third-order valence-corrected chi connectivity index (χ3v) is 5.29. The van der Waals surface area contributed by atoms with Crippen LogP contribution in [0, 0.1) is 6.92 Å². The number of carbonyl (C=O) groups is 2. The van der Waals surface area contributed by atoms with Gasteiger partial charge in [0.15, 0.2) is 0 Å². The molecular formula is C18H25N3O2. The number of hydrogen-bond donors (Lipinski definition) is 1. The maximum Gasteiger partial charge on any atom is 0.251 e. The quantitative estimate of drug-likeness (QED) is 0.918. The van der Waals surface area contributed by atoms with E-state index in [1.165, 1.54) is 12.8 Å². The third-order valence-electron chi connectivity index (χ3n) is 5.29. The van der Waals surface area contributed by atoms with Gasteiger partial charge in [0, 0.05) is 30.7 Å². The third kappa shape index (κ3) is 3.39. The number of nitrogens with zero attached hydrogens (tertiary/aromatic N) is 2. The Labute approximate surface area is 137 Å². The second-order valence-corrected chi connectivity index (χ2v) is 6.68. The number of rotatable bonds is 3. The Morgan fingerprint density at radius 2 is 1.91 bits per heavy atom. The van der Waals surface area contributed by atoms with Gasteiger partial charge < -0.3 is 10.2 Å². The molecule has 2 bridgehead atoms. The van der Waals surface area contributed by atoms with Crippen LogP contribution in [0.5, 0.6) is 0 Å². The molecule has 5 heteroatoms. The van der Waals surface area contributed by atoms with Crippen molar-refractivity contribution in [2.45, 2.75) is 38.3 Å². The van der Waals surface area contributed by atoms with Gasteiger partial charge in [0.05, 0.1) is 6.54 Å².